The number of thioether (sulfide) groups is 1. The number of aliphatic carboxylic acids is 1. The number of oxime groups is 1. The van der Waals surface area contributed by atoms with Gasteiger partial charge in [0.1, 0.15) is 23.7 Å². The van der Waals surface area contributed by atoms with Gasteiger partial charge in [-0.05, 0) is 6.42 Å². The summed E-state index contributed by atoms with van der Waals surface area (Å²) >= 11 is 2.20. The summed E-state index contributed by atoms with van der Waals surface area (Å²) in [5.74, 6) is -2.89. The zero-order chi connectivity index (χ0) is 26.7. The molecule has 2 aliphatic rings. The number of primary amides is 1. The summed E-state index contributed by atoms with van der Waals surface area (Å²) in [5.41, 5.74) is 11.3. The zero-order valence-corrected chi connectivity index (χ0v) is 21.1. The minimum atomic E-state index is -1.26. The normalized spacial score (nSPS) is 19.2. The quantitative estimate of drug-likeness (QED) is 0.0945. The number of carboxylic acids is 1. The standard InChI is InChI=1S/C21H22N8O6S2/c1-2-7-35-26-12(16-25-21(23)37-27-16)17(31)24-13-18(32)29-14(20(33)34)11(9-36-19(13)29)8-28-5-3-10(4-6-28)15(22)30/h3-6,13,19H,2,7-9H2,1H3,(H5-,22,23,24,25,27,30,31,33,34)/p+1/t13?,19-/m1/s1. The van der Waals surface area contributed by atoms with E-state index in [-0.39, 0.29) is 35.5 Å². The number of pyridine rings is 1. The van der Waals surface area contributed by atoms with E-state index in [9.17, 15) is 24.3 Å². The highest BCUT2D eigenvalue weighted by Gasteiger charge is 2.54. The molecule has 6 N–H and O–H groups in total. The van der Waals surface area contributed by atoms with E-state index in [1.165, 1.54) is 28.8 Å². The molecule has 2 aliphatic heterocycles. The van der Waals surface area contributed by atoms with Gasteiger partial charge in [0.15, 0.2) is 24.1 Å². The van der Waals surface area contributed by atoms with E-state index in [2.05, 4.69) is 19.8 Å². The molecule has 1 fully saturated rings. The fraction of sp³-hybridized carbons (Fsp3) is 0.333. The average Bonchev–Trinajstić information content (AvgIpc) is 3.30. The molecule has 37 heavy (non-hydrogen) atoms. The van der Waals surface area contributed by atoms with Crippen LogP contribution in [0.15, 0.2) is 41.0 Å². The molecule has 3 amide bonds. The molecule has 4 heterocycles. The van der Waals surface area contributed by atoms with Crippen molar-refractivity contribution in [1.29, 1.82) is 0 Å². The van der Waals surface area contributed by atoms with Gasteiger partial charge in [0.25, 0.3) is 11.8 Å². The van der Waals surface area contributed by atoms with Gasteiger partial charge in [0.05, 0.1) is 5.56 Å². The molecule has 2 aromatic rings. The van der Waals surface area contributed by atoms with Gasteiger partial charge in [-0.15, -0.1) is 11.8 Å². The van der Waals surface area contributed by atoms with Crippen LogP contribution in [0.1, 0.15) is 29.5 Å². The first-order chi connectivity index (χ1) is 17.7. The molecule has 0 bridgehead atoms. The number of β-lactam (4-membered cyclic amide) rings is 1. The van der Waals surface area contributed by atoms with Gasteiger partial charge in [-0.3, -0.25) is 19.3 Å². The van der Waals surface area contributed by atoms with Gasteiger partial charge in [0, 0.05) is 35.0 Å². The third-order valence-electron chi connectivity index (χ3n) is 5.41. The Kier molecular flexibility index (Phi) is 7.68. The predicted octanol–water partition coefficient (Wildman–Crippen LogP) is -0.924. The van der Waals surface area contributed by atoms with Crippen molar-refractivity contribution in [3.05, 3.63) is 47.2 Å². The largest absolute Gasteiger partial charge is 0.477 e. The molecule has 16 heteroatoms. The molecule has 0 aromatic carbocycles. The average molecular weight is 548 g/mol. The van der Waals surface area contributed by atoms with E-state index < -0.39 is 35.1 Å². The second-order valence-corrected chi connectivity index (χ2v) is 9.86. The Hall–Kier alpha value is -4.05. The summed E-state index contributed by atoms with van der Waals surface area (Å²) in [6.45, 7) is 2.31. The number of hydrogen-bond donors (Lipinski definition) is 4. The highest BCUT2D eigenvalue weighted by Crippen LogP contribution is 2.40. The highest BCUT2D eigenvalue weighted by molar-refractivity contribution is 8.00. The Morgan fingerprint density at radius 3 is 2.68 bits per heavy atom. The van der Waals surface area contributed by atoms with Gasteiger partial charge in [-0.25, -0.2) is 9.36 Å². The Morgan fingerprint density at radius 2 is 2.08 bits per heavy atom. The van der Waals surface area contributed by atoms with E-state index in [0.717, 1.165) is 11.5 Å². The number of rotatable bonds is 10. The summed E-state index contributed by atoms with van der Waals surface area (Å²) in [6.07, 6.45) is 3.86. The number of carboxylic acid groups (broad SMARTS) is 1. The molecular formula is C21H23N8O6S2+. The fourth-order valence-corrected chi connectivity index (χ4v) is 5.45. The van der Waals surface area contributed by atoms with E-state index >= 15 is 0 Å². The molecule has 0 aliphatic carbocycles. The van der Waals surface area contributed by atoms with Gasteiger partial charge >= 0.3 is 5.97 Å². The summed E-state index contributed by atoms with van der Waals surface area (Å²) < 4.78 is 5.67. The zero-order valence-electron chi connectivity index (χ0n) is 19.5. The lowest BCUT2D eigenvalue weighted by atomic mass is 10.0. The summed E-state index contributed by atoms with van der Waals surface area (Å²) in [7, 11) is 0. The number of fused-ring (bicyclic) bond motifs is 1. The van der Waals surface area contributed by atoms with Crippen molar-refractivity contribution in [2.45, 2.75) is 31.3 Å². The smallest absolute Gasteiger partial charge is 0.352 e. The van der Waals surface area contributed by atoms with Crippen molar-refractivity contribution in [3.63, 3.8) is 0 Å². The minimum absolute atomic E-state index is 0.0381. The molecule has 1 saturated heterocycles. The molecule has 0 saturated carbocycles. The maximum absolute atomic E-state index is 13.0. The first-order valence-electron chi connectivity index (χ1n) is 11.0. The molecule has 1 unspecified atom stereocenters. The topological polar surface area (TPSA) is 207 Å². The van der Waals surface area contributed by atoms with Crippen molar-refractivity contribution in [2.24, 2.45) is 10.9 Å². The molecule has 194 valence electrons. The number of nitrogens with zero attached hydrogens (tertiary/aromatic N) is 5. The number of aromatic nitrogens is 3. The van der Waals surface area contributed by atoms with Crippen LogP contribution in [0.4, 0.5) is 5.13 Å². The van der Waals surface area contributed by atoms with Crippen molar-refractivity contribution in [3.8, 4) is 0 Å². The fourth-order valence-electron chi connectivity index (χ4n) is 3.68. The van der Waals surface area contributed by atoms with Crippen molar-refractivity contribution < 1.29 is 33.7 Å². The molecule has 0 spiro atoms. The van der Waals surface area contributed by atoms with Crippen LogP contribution in [-0.2, 0) is 25.8 Å². The number of nitrogen functional groups attached to an aromatic ring is 1. The lowest BCUT2D eigenvalue weighted by molar-refractivity contribution is -0.689. The summed E-state index contributed by atoms with van der Waals surface area (Å²) in [6, 6.07) is 2.07. The third kappa shape index (κ3) is 5.39. The van der Waals surface area contributed by atoms with Crippen LogP contribution in [0.3, 0.4) is 0 Å². The number of amides is 3. The van der Waals surface area contributed by atoms with E-state index in [1.54, 1.807) is 17.0 Å². The molecule has 2 atom stereocenters. The Morgan fingerprint density at radius 1 is 1.35 bits per heavy atom. The first kappa shape index (κ1) is 26.0. The summed E-state index contributed by atoms with van der Waals surface area (Å²) in [4.78, 5) is 59.7. The van der Waals surface area contributed by atoms with Gasteiger partial charge in [-0.2, -0.15) is 9.36 Å². The molecule has 4 rings (SSSR count). The second kappa shape index (κ2) is 10.9. The van der Waals surface area contributed by atoms with Crippen LogP contribution in [0.2, 0.25) is 0 Å². The van der Waals surface area contributed by atoms with Gasteiger partial charge < -0.3 is 26.7 Å². The molecule has 14 nitrogen and oxygen atoms in total. The van der Waals surface area contributed by atoms with Crippen molar-refractivity contribution >= 4 is 57.8 Å². The number of nitrogens with two attached hydrogens (primary N) is 2. The van der Waals surface area contributed by atoms with Crippen molar-refractivity contribution in [1.82, 2.24) is 19.6 Å². The van der Waals surface area contributed by atoms with Crippen molar-refractivity contribution in [2.75, 3.05) is 18.1 Å². The van der Waals surface area contributed by atoms with Gasteiger partial charge in [-0.1, -0.05) is 12.1 Å². The van der Waals surface area contributed by atoms with E-state index in [0.29, 0.717) is 23.3 Å². The monoisotopic (exact) mass is 547 g/mol. The van der Waals surface area contributed by atoms with Crippen LogP contribution in [0.25, 0.3) is 0 Å². The summed E-state index contributed by atoms with van der Waals surface area (Å²) in [5, 5.41) is 15.8. The molecule has 2 aromatic heterocycles. The SMILES string of the molecule is CCCON=C(C(=O)NC1C(=O)N2C(C(=O)O)=C(C[n+]3ccc(C(N)=O)cc3)CS[C@H]12)c1nsc(N)n1. The van der Waals surface area contributed by atoms with E-state index in [4.69, 9.17) is 16.3 Å². The number of nitrogens with one attached hydrogen (secondary N) is 1. The Balaban J connectivity index is 1.51. The number of carbonyl (C=O) groups excluding carboxylic acids is 3. The minimum Gasteiger partial charge on any atom is -0.477 e. The highest BCUT2D eigenvalue weighted by atomic mass is 32.2. The van der Waals surface area contributed by atoms with Crippen LogP contribution in [0, 0.1) is 0 Å². The number of hydrogen-bond acceptors (Lipinski definition) is 11. The maximum Gasteiger partial charge on any atom is 0.352 e. The lowest BCUT2D eigenvalue weighted by Gasteiger charge is -2.49. The van der Waals surface area contributed by atoms with Crippen LogP contribution >= 0.6 is 23.3 Å². The Labute approximate surface area is 218 Å². The predicted molar refractivity (Wildman–Crippen MR) is 132 cm³/mol. The van der Waals surface area contributed by atoms with Crippen LogP contribution in [-0.4, -0.2) is 72.5 Å². The van der Waals surface area contributed by atoms with E-state index in [1.807, 2.05) is 6.92 Å². The Bertz CT molecular complexity index is 1310. The number of carbonyl (C=O) groups is 4. The maximum atomic E-state index is 13.0. The molecular weight excluding hydrogens is 524 g/mol. The first-order valence-corrected chi connectivity index (χ1v) is 12.8. The third-order valence-corrected chi connectivity index (χ3v) is 7.29. The van der Waals surface area contributed by atoms with Crippen LogP contribution in [0.5, 0.6) is 0 Å². The second-order valence-electron chi connectivity index (χ2n) is 7.97. The van der Waals surface area contributed by atoms with Gasteiger partial charge in [0.2, 0.25) is 17.4 Å². The number of anilines is 1. The van der Waals surface area contributed by atoms with Crippen LogP contribution < -0.4 is 21.4 Å². The lowest BCUT2D eigenvalue weighted by Crippen LogP contribution is -2.71. The molecule has 0 radical (unpaired) electrons.